The van der Waals surface area contributed by atoms with E-state index < -0.39 is 5.91 Å². The van der Waals surface area contributed by atoms with E-state index in [2.05, 4.69) is 21.2 Å². The Labute approximate surface area is 184 Å². The normalized spacial score (nSPS) is 16.0. The first-order valence-corrected chi connectivity index (χ1v) is 10.4. The zero-order valence-electron chi connectivity index (χ0n) is 16.7. The lowest BCUT2D eigenvalue weighted by atomic mass is 10.1. The molecule has 30 heavy (non-hydrogen) atoms. The molecule has 1 aliphatic heterocycles. The monoisotopic (exact) mass is 470 g/mol. The second-order valence-corrected chi connectivity index (χ2v) is 7.76. The fourth-order valence-electron chi connectivity index (χ4n) is 3.06. The van der Waals surface area contributed by atoms with Crippen molar-refractivity contribution in [3.05, 3.63) is 63.6 Å². The number of hydrogen-bond donors (Lipinski definition) is 1. The lowest BCUT2D eigenvalue weighted by Gasteiger charge is -2.12. The van der Waals surface area contributed by atoms with Crippen molar-refractivity contribution in [3.63, 3.8) is 0 Å². The predicted molar refractivity (Wildman–Crippen MR) is 117 cm³/mol. The van der Waals surface area contributed by atoms with Crippen LogP contribution >= 0.6 is 15.9 Å². The molecule has 6 nitrogen and oxygen atoms in total. The zero-order chi connectivity index (χ0) is 21.3. The highest BCUT2D eigenvalue weighted by Gasteiger charge is 2.17. The molecule has 2 aromatic carbocycles. The molecule has 0 aliphatic carbocycles. The molecule has 1 aliphatic rings. The molecule has 1 saturated heterocycles. The molecular weight excluding hydrogens is 448 g/mol. The molecular formula is C23H23BrN2O4. The fraction of sp³-hybridized carbons (Fsp3) is 0.304. The van der Waals surface area contributed by atoms with Gasteiger partial charge in [0.15, 0.2) is 11.5 Å². The van der Waals surface area contributed by atoms with Crippen LogP contribution in [0.4, 0.5) is 0 Å². The molecule has 7 heteroatoms. The van der Waals surface area contributed by atoms with E-state index in [9.17, 15) is 10.1 Å². The van der Waals surface area contributed by atoms with Gasteiger partial charge in [-0.15, -0.1) is 0 Å². The van der Waals surface area contributed by atoms with Gasteiger partial charge < -0.3 is 19.5 Å². The van der Waals surface area contributed by atoms with E-state index in [-0.39, 0.29) is 11.7 Å². The van der Waals surface area contributed by atoms with Gasteiger partial charge >= 0.3 is 0 Å². The Morgan fingerprint density at radius 3 is 2.77 bits per heavy atom. The third kappa shape index (κ3) is 6.09. The quantitative estimate of drug-likeness (QED) is 0.460. The van der Waals surface area contributed by atoms with E-state index in [0.29, 0.717) is 30.2 Å². The predicted octanol–water partition coefficient (Wildman–Crippen LogP) is 4.24. The van der Waals surface area contributed by atoms with Crippen molar-refractivity contribution in [2.75, 3.05) is 20.3 Å². The Morgan fingerprint density at radius 1 is 1.30 bits per heavy atom. The van der Waals surface area contributed by atoms with E-state index in [0.717, 1.165) is 29.5 Å². The SMILES string of the molecule is COc1cc(/C=C(\C#N)C(=O)NC[C@H]2CCCO2)ccc1OCc1ccc(Br)cc1. The summed E-state index contributed by atoms with van der Waals surface area (Å²) in [7, 11) is 1.55. The zero-order valence-corrected chi connectivity index (χ0v) is 18.3. The molecule has 1 fully saturated rings. The molecule has 1 N–H and O–H groups in total. The summed E-state index contributed by atoms with van der Waals surface area (Å²) < 4.78 is 17.8. The van der Waals surface area contributed by atoms with Crippen molar-refractivity contribution >= 4 is 27.9 Å². The third-order valence-corrected chi connectivity index (χ3v) is 5.21. The molecule has 0 radical (unpaired) electrons. The van der Waals surface area contributed by atoms with Crippen molar-refractivity contribution in [2.45, 2.75) is 25.6 Å². The number of nitriles is 1. The van der Waals surface area contributed by atoms with Gasteiger partial charge in [-0.2, -0.15) is 5.26 Å². The van der Waals surface area contributed by atoms with Crippen LogP contribution < -0.4 is 14.8 Å². The van der Waals surface area contributed by atoms with Gasteiger partial charge in [0.25, 0.3) is 5.91 Å². The maximum absolute atomic E-state index is 12.3. The maximum Gasteiger partial charge on any atom is 0.262 e. The van der Waals surface area contributed by atoms with E-state index in [4.69, 9.17) is 14.2 Å². The van der Waals surface area contributed by atoms with Crippen LogP contribution in [0.25, 0.3) is 6.08 Å². The Balaban J connectivity index is 1.66. The standard InChI is InChI=1S/C23H23BrN2O4/c1-28-22-12-17(6-9-21(22)30-15-16-4-7-19(24)8-5-16)11-18(13-25)23(27)26-14-20-3-2-10-29-20/h4-9,11-12,20H,2-3,10,14-15H2,1H3,(H,26,27)/b18-11+/t20-/m1/s1. The number of methoxy groups -OCH3 is 1. The first-order chi connectivity index (χ1) is 14.6. The molecule has 0 aromatic heterocycles. The van der Waals surface area contributed by atoms with Gasteiger partial charge in [-0.1, -0.05) is 34.1 Å². The van der Waals surface area contributed by atoms with Gasteiger partial charge in [0.1, 0.15) is 18.2 Å². The number of benzene rings is 2. The second kappa shape index (κ2) is 10.8. The topological polar surface area (TPSA) is 80.6 Å². The van der Waals surface area contributed by atoms with Crippen LogP contribution in [0.1, 0.15) is 24.0 Å². The summed E-state index contributed by atoms with van der Waals surface area (Å²) >= 11 is 3.41. The van der Waals surface area contributed by atoms with Crippen LogP contribution in [0, 0.1) is 11.3 Å². The van der Waals surface area contributed by atoms with Crippen molar-refractivity contribution in [3.8, 4) is 17.6 Å². The average molecular weight is 471 g/mol. The number of carbonyl (C=O) groups is 1. The molecule has 1 heterocycles. The highest BCUT2D eigenvalue weighted by Crippen LogP contribution is 2.30. The lowest BCUT2D eigenvalue weighted by Crippen LogP contribution is -2.32. The summed E-state index contributed by atoms with van der Waals surface area (Å²) in [5, 5.41) is 12.2. The van der Waals surface area contributed by atoms with E-state index in [1.54, 1.807) is 25.3 Å². The summed E-state index contributed by atoms with van der Waals surface area (Å²) in [6, 6.07) is 15.1. The second-order valence-electron chi connectivity index (χ2n) is 6.84. The molecule has 1 atom stereocenters. The molecule has 0 unspecified atom stereocenters. The van der Waals surface area contributed by atoms with Crippen LogP contribution in [0.5, 0.6) is 11.5 Å². The minimum Gasteiger partial charge on any atom is -0.493 e. The lowest BCUT2D eigenvalue weighted by molar-refractivity contribution is -0.117. The first kappa shape index (κ1) is 21.9. The number of carbonyl (C=O) groups excluding carboxylic acids is 1. The highest BCUT2D eigenvalue weighted by atomic mass is 79.9. The molecule has 2 aromatic rings. The van der Waals surface area contributed by atoms with Gasteiger partial charge in [-0.05, 0) is 54.3 Å². The molecule has 0 saturated carbocycles. The number of amides is 1. The Bertz CT molecular complexity index is 945. The summed E-state index contributed by atoms with van der Waals surface area (Å²) in [6.45, 7) is 1.52. The maximum atomic E-state index is 12.3. The van der Waals surface area contributed by atoms with Crippen molar-refractivity contribution < 1.29 is 19.0 Å². The third-order valence-electron chi connectivity index (χ3n) is 4.69. The highest BCUT2D eigenvalue weighted by molar-refractivity contribution is 9.10. The minimum absolute atomic E-state index is 0.0242. The fourth-order valence-corrected chi connectivity index (χ4v) is 3.32. The smallest absolute Gasteiger partial charge is 0.262 e. The van der Waals surface area contributed by atoms with Crippen LogP contribution in [0.15, 0.2) is 52.5 Å². The number of halogens is 1. The van der Waals surface area contributed by atoms with E-state index >= 15 is 0 Å². The van der Waals surface area contributed by atoms with E-state index in [1.165, 1.54) is 6.08 Å². The summed E-state index contributed by atoms with van der Waals surface area (Å²) in [6.07, 6.45) is 3.48. The van der Waals surface area contributed by atoms with Crippen molar-refractivity contribution in [1.29, 1.82) is 5.26 Å². The number of nitrogens with one attached hydrogen (secondary N) is 1. The van der Waals surface area contributed by atoms with Gasteiger partial charge in [0.2, 0.25) is 0 Å². The van der Waals surface area contributed by atoms with Gasteiger partial charge in [0, 0.05) is 17.6 Å². The van der Waals surface area contributed by atoms with Crippen LogP contribution in [0.2, 0.25) is 0 Å². The van der Waals surface area contributed by atoms with Crippen molar-refractivity contribution in [2.24, 2.45) is 0 Å². The molecule has 0 bridgehead atoms. The molecule has 3 rings (SSSR count). The summed E-state index contributed by atoms with van der Waals surface area (Å²) in [5.74, 6) is 0.694. The number of rotatable bonds is 8. The Hall–Kier alpha value is -2.82. The van der Waals surface area contributed by atoms with Crippen LogP contribution in [0.3, 0.4) is 0 Å². The molecule has 156 valence electrons. The van der Waals surface area contributed by atoms with Crippen LogP contribution in [-0.2, 0) is 16.1 Å². The molecule has 1 amide bonds. The summed E-state index contributed by atoms with van der Waals surface area (Å²) in [5.41, 5.74) is 1.73. The van der Waals surface area contributed by atoms with Gasteiger partial charge in [0.05, 0.1) is 13.2 Å². The average Bonchev–Trinajstić information content (AvgIpc) is 3.29. The number of ether oxygens (including phenoxy) is 3. The number of hydrogen-bond acceptors (Lipinski definition) is 5. The van der Waals surface area contributed by atoms with Crippen LogP contribution in [-0.4, -0.2) is 32.3 Å². The largest absolute Gasteiger partial charge is 0.493 e. The first-order valence-electron chi connectivity index (χ1n) is 9.66. The van der Waals surface area contributed by atoms with Gasteiger partial charge in [-0.3, -0.25) is 4.79 Å². The minimum atomic E-state index is -0.414. The Morgan fingerprint density at radius 2 is 2.10 bits per heavy atom. The van der Waals surface area contributed by atoms with Crippen molar-refractivity contribution in [1.82, 2.24) is 5.32 Å². The number of nitrogens with zero attached hydrogens (tertiary/aromatic N) is 1. The molecule has 0 spiro atoms. The summed E-state index contributed by atoms with van der Waals surface area (Å²) in [4.78, 5) is 12.3. The van der Waals surface area contributed by atoms with Gasteiger partial charge in [-0.25, -0.2) is 0 Å². The van der Waals surface area contributed by atoms with E-state index in [1.807, 2.05) is 30.3 Å². The Kier molecular flexibility index (Phi) is 7.89.